The Labute approximate surface area is 417 Å². The second-order valence-electron chi connectivity index (χ2n) is 18.2. The quantitative estimate of drug-likeness (QED) is 0.0431. The SMILES string of the molecule is [2H]C([2H])=C([C@@H]1CCC(C)=C[C@H]1c1c(O)cc(CCCCC)cc1O)C([2H])([2H])[2H].[2H]C([2H])=C([C@@H]1CCC(C)=C[C@H]1c1c(O[Si](C)(C)C)cc(OS(=O)(=O)C(F)(F)F)cc1O[Si](C)(C)C)C([2H])([2H])[2H].[CH2-]CCCC.[Zn+][Br]. The van der Waals surface area contributed by atoms with E-state index in [1.54, 1.807) is 18.2 Å². The van der Waals surface area contributed by atoms with E-state index in [-0.39, 0.29) is 39.7 Å². The molecule has 0 saturated carbocycles. The Hall–Kier alpha value is -2.32. The fraction of sp³-hybridized carbons (Fsp3) is 0.571. The average Bonchev–Trinajstić information content (AvgIpc) is 3.21. The molecule has 0 radical (unpaired) electrons. The molecule has 2 aromatic carbocycles. The Morgan fingerprint density at radius 1 is 0.828 bits per heavy atom. The monoisotopic (exact) mass is 1070 g/mol. The number of phenolic OH excluding ortho intramolecular Hbond substituents is 2. The Morgan fingerprint density at radius 2 is 1.27 bits per heavy atom. The first-order valence-electron chi connectivity index (χ1n) is 26.7. The fourth-order valence-corrected chi connectivity index (χ4v) is 9.41. The standard InChI is InChI=1S/C23H35F3O5SSi2.C21H30O2.C5H11.BrH.Zn/c1-15(2)18-11-10-16(3)12-19(18)22-20(30-33(4,5)6)13-17(14-21(22)31-34(7,8)9)29-32(27,28)23(24,25)26;1-5-6-7-8-16-12-19(22)21(20(23)13-16)18-11-15(4)9-10-17(18)14(2)3;1-3-5-4-2;;/h12-14,18-19H,1,10-11H2,2-9H3;11-13,17-18,22-23H,2,5-10H2,1,3-4H3;1,3-5H2,2H3;1H;/q;;-1;;+2/p-1/t18-,19+;17-,18+;;;/m00.../s1/i1D2,2D3;2D2,3D3;;;. The van der Waals surface area contributed by atoms with Gasteiger partial charge in [0.05, 0.1) is 5.48 Å². The van der Waals surface area contributed by atoms with Gasteiger partial charge in [0.2, 0.25) is 16.6 Å². The molecule has 0 aliphatic heterocycles. The first-order chi connectivity index (χ1) is 33.8. The van der Waals surface area contributed by atoms with Gasteiger partial charge in [-0.25, -0.2) is 0 Å². The van der Waals surface area contributed by atoms with Gasteiger partial charge < -0.3 is 30.2 Å². The number of hydrogen-bond donors (Lipinski definition) is 2. The van der Waals surface area contributed by atoms with Crippen molar-refractivity contribution in [2.24, 2.45) is 11.8 Å². The zero-order chi connectivity index (χ0) is 57.5. The Kier molecular flexibility index (Phi) is 18.6. The molecule has 2 aliphatic rings. The molecule has 2 N–H and O–H groups in total. The molecule has 2 aliphatic carbocycles. The molecule has 358 valence electrons. The van der Waals surface area contributed by atoms with Crippen molar-refractivity contribution in [3.63, 3.8) is 0 Å². The second-order valence-corrected chi connectivity index (χ2v) is 28.5. The van der Waals surface area contributed by atoms with E-state index >= 15 is 0 Å². The van der Waals surface area contributed by atoms with Crippen LogP contribution in [0.15, 0.2) is 71.8 Å². The summed E-state index contributed by atoms with van der Waals surface area (Å²) in [6.07, 6.45) is 13.1. The molecule has 4 rings (SSSR count). The summed E-state index contributed by atoms with van der Waals surface area (Å²) in [6.45, 7) is 15.8. The van der Waals surface area contributed by atoms with Gasteiger partial charge >= 0.3 is 45.6 Å². The van der Waals surface area contributed by atoms with Crippen LogP contribution in [0.1, 0.15) is 148 Å². The van der Waals surface area contributed by atoms with Crippen LogP contribution < -0.4 is 13.0 Å². The van der Waals surface area contributed by atoms with E-state index in [2.05, 4.69) is 38.6 Å². The first kappa shape index (κ1) is 44.2. The number of benzene rings is 2. The zero-order valence-corrected chi connectivity index (χ0v) is 46.7. The van der Waals surface area contributed by atoms with Crippen LogP contribution in [-0.2, 0) is 32.9 Å². The molecular weight excluding hydrogens is 991 g/mol. The van der Waals surface area contributed by atoms with E-state index in [1.807, 2.05) is 59.2 Å². The van der Waals surface area contributed by atoms with Crippen LogP contribution in [0.5, 0.6) is 28.7 Å². The summed E-state index contributed by atoms with van der Waals surface area (Å²) >= 11 is 4.25. The van der Waals surface area contributed by atoms with Gasteiger partial charge in [-0.1, -0.05) is 87.0 Å². The number of hydrogen-bond acceptors (Lipinski definition) is 7. The minimum atomic E-state index is -6.00. The molecular formula is C49H76BrF3O7SSi2Zn. The van der Waals surface area contributed by atoms with Gasteiger partial charge in [0.25, 0.3) is 0 Å². The number of phenols is 2. The van der Waals surface area contributed by atoms with Gasteiger partial charge in [-0.15, -0.1) is 0 Å². The number of aryl methyl sites for hydroxylation is 1. The van der Waals surface area contributed by atoms with Gasteiger partial charge in [-0.05, 0) is 135 Å². The molecule has 4 atom stereocenters. The van der Waals surface area contributed by atoms with E-state index in [0.29, 0.717) is 31.2 Å². The molecule has 15 heteroatoms. The van der Waals surface area contributed by atoms with Gasteiger partial charge in [0, 0.05) is 43.3 Å². The predicted molar refractivity (Wildman–Crippen MR) is 265 cm³/mol. The van der Waals surface area contributed by atoms with Crippen molar-refractivity contribution in [1.29, 1.82) is 0 Å². The van der Waals surface area contributed by atoms with Gasteiger partial charge in [-0.3, -0.25) is 0 Å². The molecule has 0 fully saturated rings. The van der Waals surface area contributed by atoms with Crippen molar-refractivity contribution >= 4 is 40.4 Å². The fourth-order valence-electron chi connectivity index (χ4n) is 7.31. The van der Waals surface area contributed by atoms with Crippen molar-refractivity contribution in [2.75, 3.05) is 0 Å². The number of rotatable bonds is 16. The van der Waals surface area contributed by atoms with Gasteiger partial charge in [-0.2, -0.15) is 28.0 Å². The number of halogens is 4. The van der Waals surface area contributed by atoms with E-state index in [0.717, 1.165) is 60.9 Å². The molecule has 0 spiro atoms. The molecule has 0 heterocycles. The molecule has 0 amide bonds. The summed E-state index contributed by atoms with van der Waals surface area (Å²) in [6, 6.07) is 5.37. The van der Waals surface area contributed by atoms with E-state index in [9.17, 15) is 31.8 Å². The molecule has 0 saturated heterocycles. The van der Waals surface area contributed by atoms with Crippen LogP contribution in [0.4, 0.5) is 13.2 Å². The van der Waals surface area contributed by atoms with Crippen LogP contribution >= 0.6 is 13.6 Å². The average molecular weight is 1080 g/mol. The molecule has 7 nitrogen and oxygen atoms in total. The maximum absolute atomic E-state index is 13.1. The van der Waals surface area contributed by atoms with Gasteiger partial charge in [0.1, 0.15) is 28.7 Å². The van der Waals surface area contributed by atoms with E-state index in [4.69, 9.17) is 22.6 Å². The molecule has 0 aromatic heterocycles. The summed E-state index contributed by atoms with van der Waals surface area (Å²) in [5.74, 6) is -3.64. The van der Waals surface area contributed by atoms with Crippen LogP contribution in [0, 0.1) is 18.8 Å². The third-order valence-electron chi connectivity index (χ3n) is 10.2. The predicted octanol–water partition coefficient (Wildman–Crippen LogP) is 16.1. The topological polar surface area (TPSA) is 102 Å². The summed E-state index contributed by atoms with van der Waals surface area (Å²) in [7, 11) is -11.0. The summed E-state index contributed by atoms with van der Waals surface area (Å²) in [5.41, 5.74) is -2.87. The van der Waals surface area contributed by atoms with Crippen molar-refractivity contribution in [2.45, 2.75) is 169 Å². The van der Waals surface area contributed by atoms with Crippen molar-refractivity contribution < 1.29 is 74.9 Å². The third kappa shape index (κ3) is 19.5. The Bertz CT molecular complexity index is 2340. The van der Waals surface area contributed by atoms with Crippen LogP contribution in [0.2, 0.25) is 39.3 Å². The Balaban J connectivity index is 0.000000683. The number of allylic oxidation sites excluding steroid dienone is 6. The third-order valence-corrected chi connectivity index (χ3v) is 12.8. The second kappa shape index (κ2) is 26.9. The van der Waals surface area contributed by atoms with E-state index < -0.39 is 88.4 Å². The van der Waals surface area contributed by atoms with Crippen molar-refractivity contribution in [3.05, 3.63) is 95.4 Å². The van der Waals surface area contributed by atoms with Crippen LogP contribution in [-0.4, -0.2) is 40.8 Å². The zero-order valence-electron chi connectivity index (χ0n) is 49.3. The minimum absolute atomic E-state index is 0.000329. The summed E-state index contributed by atoms with van der Waals surface area (Å²) < 4.78 is 159. The summed E-state index contributed by atoms with van der Waals surface area (Å²) in [4.78, 5) is 0. The van der Waals surface area contributed by atoms with Crippen LogP contribution in [0.25, 0.3) is 0 Å². The molecule has 0 bridgehead atoms. The number of aromatic hydroxyl groups is 2. The maximum atomic E-state index is 13.1. The van der Waals surface area contributed by atoms with Crippen molar-refractivity contribution in [1.82, 2.24) is 0 Å². The van der Waals surface area contributed by atoms with Gasteiger partial charge in [0.15, 0.2) is 0 Å². The Morgan fingerprint density at radius 3 is 1.61 bits per heavy atom. The molecule has 0 unspecified atom stereocenters. The first-order valence-corrected chi connectivity index (χ1v) is 36.8. The van der Waals surface area contributed by atoms with Crippen molar-refractivity contribution in [3.8, 4) is 28.7 Å². The van der Waals surface area contributed by atoms with E-state index in [1.165, 1.54) is 29.2 Å². The molecule has 64 heavy (non-hydrogen) atoms. The number of unbranched alkanes of at least 4 members (excludes halogenated alkanes) is 4. The summed E-state index contributed by atoms with van der Waals surface area (Å²) in [5, 5.41) is 21.3. The molecule has 2 aromatic rings. The number of alkyl halides is 3. The van der Waals surface area contributed by atoms with Crippen LogP contribution in [0.3, 0.4) is 0 Å². The normalized spacial score (nSPS) is 21.5.